The van der Waals surface area contributed by atoms with Crippen molar-refractivity contribution in [1.29, 1.82) is 0 Å². The Morgan fingerprint density at radius 2 is 1.85 bits per heavy atom. The van der Waals surface area contributed by atoms with Gasteiger partial charge >= 0.3 is 0 Å². The summed E-state index contributed by atoms with van der Waals surface area (Å²) in [5.41, 5.74) is 3.60. The molecule has 2 heterocycles. The first-order valence-corrected chi connectivity index (χ1v) is 11.8. The molecule has 0 N–H and O–H groups in total. The fourth-order valence-electron chi connectivity index (χ4n) is 4.01. The molecule has 1 aliphatic carbocycles. The molecule has 0 bridgehead atoms. The van der Waals surface area contributed by atoms with Gasteiger partial charge in [-0.3, -0.25) is 0 Å². The van der Waals surface area contributed by atoms with Gasteiger partial charge in [-0.25, -0.2) is 4.78 Å². The number of ether oxygens (including phenoxy) is 1. The number of hydrogen-bond acceptors (Lipinski definition) is 5. The first-order valence-electron chi connectivity index (χ1n) is 9.10. The van der Waals surface area contributed by atoms with Crippen LogP contribution in [0.2, 0.25) is 0 Å². The molecule has 0 amide bonds. The molecule has 1 aromatic rings. The van der Waals surface area contributed by atoms with Crippen molar-refractivity contribution in [3.05, 3.63) is 41.3 Å². The van der Waals surface area contributed by atoms with E-state index in [0.29, 0.717) is 0 Å². The van der Waals surface area contributed by atoms with Crippen molar-refractivity contribution < 1.29 is 9.26 Å². The summed E-state index contributed by atoms with van der Waals surface area (Å²) in [5, 5.41) is 6.18. The van der Waals surface area contributed by atoms with E-state index in [0.717, 1.165) is 50.5 Å². The summed E-state index contributed by atoms with van der Waals surface area (Å²) in [6, 6.07) is 10.2. The summed E-state index contributed by atoms with van der Waals surface area (Å²) >= 11 is 6.18. The van der Waals surface area contributed by atoms with Crippen LogP contribution in [0.15, 0.2) is 46.4 Å². The van der Waals surface area contributed by atoms with Crippen molar-refractivity contribution in [2.24, 2.45) is 10.5 Å². The quantitative estimate of drug-likeness (QED) is 0.723. The van der Waals surface area contributed by atoms with E-state index in [9.17, 15) is 0 Å². The van der Waals surface area contributed by atoms with Crippen molar-refractivity contribution >= 4 is 29.6 Å². The van der Waals surface area contributed by atoms with Crippen LogP contribution in [-0.2, 0) is 21.1 Å². The van der Waals surface area contributed by atoms with E-state index in [-0.39, 0.29) is 5.41 Å². The van der Waals surface area contributed by atoms with E-state index in [1.807, 2.05) is 23.0 Å². The fourth-order valence-corrected chi connectivity index (χ4v) is 7.23. The van der Waals surface area contributed by atoms with Gasteiger partial charge in [0.1, 0.15) is 0 Å². The smallest absolute Gasteiger partial charge is 0.209 e. The Morgan fingerprint density at radius 3 is 2.50 bits per heavy atom. The van der Waals surface area contributed by atoms with E-state index in [2.05, 4.69) is 30.9 Å². The second-order valence-electron chi connectivity index (χ2n) is 7.79. The lowest BCUT2D eigenvalue weighted by Crippen LogP contribution is -2.40. The second kappa shape index (κ2) is 6.75. The molecule has 2 aliphatic heterocycles. The van der Waals surface area contributed by atoms with Gasteiger partial charge in [0.05, 0.1) is 29.9 Å². The lowest BCUT2D eigenvalue weighted by molar-refractivity contribution is 0.0489. The van der Waals surface area contributed by atoms with Crippen molar-refractivity contribution in [2.75, 3.05) is 38.2 Å². The maximum atomic E-state index is 6.18. The molecule has 0 radical (unpaired) electrons. The largest absolute Gasteiger partial charge is 0.378 e. The van der Waals surface area contributed by atoms with Crippen LogP contribution in [0.3, 0.4) is 0 Å². The maximum absolute atomic E-state index is 6.18. The molecular weight excluding hydrogens is 365 g/mol. The van der Waals surface area contributed by atoms with E-state index < -0.39 is 6.42 Å². The van der Waals surface area contributed by atoms with Crippen molar-refractivity contribution in [3.8, 4) is 0 Å². The van der Waals surface area contributed by atoms with Crippen molar-refractivity contribution in [2.45, 2.75) is 26.7 Å². The summed E-state index contributed by atoms with van der Waals surface area (Å²) in [6.07, 6.45) is -0.496. The molecule has 0 spiro atoms. The molecule has 1 fully saturated rings. The normalized spacial score (nSPS) is 28.2. The Labute approximate surface area is 160 Å². The van der Waals surface area contributed by atoms with Gasteiger partial charge in [0.15, 0.2) is 0 Å². The zero-order chi connectivity index (χ0) is 18.4. The molecule has 0 saturated carbocycles. The monoisotopic (exact) mass is 391 g/mol. The molecule has 1 aromatic carbocycles. The third kappa shape index (κ3) is 3.03. The van der Waals surface area contributed by atoms with Gasteiger partial charge in [0, 0.05) is 25.9 Å². The lowest BCUT2D eigenvalue weighted by atomic mass is 9.78. The van der Waals surface area contributed by atoms with Crippen LogP contribution in [0.1, 0.15) is 26.7 Å². The summed E-state index contributed by atoms with van der Waals surface area (Å²) in [4.78, 5) is 2.45. The van der Waals surface area contributed by atoms with Gasteiger partial charge in [0.25, 0.3) is 0 Å². The zero-order valence-corrected chi connectivity index (χ0v) is 17.4. The van der Waals surface area contributed by atoms with Crippen LogP contribution >= 0.6 is 6.42 Å². The minimum atomic E-state index is -2.43. The molecule has 4 rings (SSSR count). The Hall–Kier alpha value is -1.20. The number of nitrogens with zero attached hydrogens (tertiary/aromatic N) is 3. The maximum Gasteiger partial charge on any atom is 0.209 e. The SMILES string of the molecule is CO[P@@]1(=S)C2=C(N3CCOCC3)CC(C)(C)CC2=NN1c1ccccc1. The molecule has 7 heteroatoms. The highest BCUT2D eigenvalue weighted by molar-refractivity contribution is 8.15. The van der Waals surface area contributed by atoms with Crippen LogP contribution in [0, 0.1) is 5.41 Å². The predicted octanol–water partition coefficient (Wildman–Crippen LogP) is 4.18. The van der Waals surface area contributed by atoms with Crippen LogP contribution < -0.4 is 4.78 Å². The molecular formula is C19H26N3O2PS. The Bertz CT molecular complexity index is 800. The molecule has 3 aliphatic rings. The van der Waals surface area contributed by atoms with Crippen LogP contribution in [0.4, 0.5) is 5.69 Å². The minimum absolute atomic E-state index is 0.163. The number of allylic oxidation sites excluding steroid dienone is 2. The van der Waals surface area contributed by atoms with Crippen LogP contribution in [0.25, 0.3) is 0 Å². The highest BCUT2D eigenvalue weighted by atomic mass is 32.4. The van der Waals surface area contributed by atoms with Gasteiger partial charge in [-0.05, 0) is 42.2 Å². The van der Waals surface area contributed by atoms with Crippen LogP contribution in [-0.4, -0.2) is 44.0 Å². The Balaban J connectivity index is 1.86. The average Bonchev–Trinajstić information content (AvgIpc) is 2.94. The standard InChI is InChI=1S/C19H26N3O2PS/c1-19(2)13-16-18(17(14-19)21-9-11-24-12-10-21)25(26,23-3)22(20-16)15-7-5-4-6-8-15/h4-8H,9-14H2,1-3H3/t25-/m1/s1. The number of anilines is 1. The zero-order valence-electron chi connectivity index (χ0n) is 15.6. The number of para-hydroxylation sites is 1. The van der Waals surface area contributed by atoms with Crippen LogP contribution in [0.5, 0.6) is 0 Å². The Morgan fingerprint density at radius 1 is 1.15 bits per heavy atom. The summed E-state index contributed by atoms with van der Waals surface area (Å²) < 4.78 is 13.6. The number of morpholine rings is 1. The number of hydrazone groups is 1. The third-order valence-corrected chi connectivity index (χ3v) is 9.07. The van der Waals surface area contributed by atoms with Gasteiger partial charge in [-0.2, -0.15) is 5.10 Å². The van der Waals surface area contributed by atoms with E-state index in [1.54, 1.807) is 7.11 Å². The first kappa shape index (κ1) is 18.2. The Kier molecular flexibility index (Phi) is 4.72. The van der Waals surface area contributed by atoms with Crippen molar-refractivity contribution in [1.82, 2.24) is 4.90 Å². The number of benzene rings is 1. The van der Waals surface area contributed by atoms with Crippen molar-refractivity contribution in [3.63, 3.8) is 0 Å². The molecule has 0 aromatic heterocycles. The number of fused-ring (bicyclic) bond motifs is 1. The summed E-state index contributed by atoms with van der Waals surface area (Å²) in [5.74, 6) is 0. The molecule has 140 valence electrons. The number of rotatable bonds is 3. The topological polar surface area (TPSA) is 37.3 Å². The average molecular weight is 391 g/mol. The van der Waals surface area contributed by atoms with Gasteiger partial charge in [-0.1, -0.05) is 32.0 Å². The highest BCUT2D eigenvalue weighted by Crippen LogP contribution is 2.67. The van der Waals surface area contributed by atoms with Gasteiger partial charge in [-0.15, -0.1) is 0 Å². The van der Waals surface area contributed by atoms with E-state index >= 15 is 0 Å². The third-order valence-electron chi connectivity index (χ3n) is 5.21. The first-order chi connectivity index (χ1) is 12.4. The predicted molar refractivity (Wildman–Crippen MR) is 110 cm³/mol. The lowest BCUT2D eigenvalue weighted by Gasteiger charge is -2.41. The molecule has 1 atom stereocenters. The minimum Gasteiger partial charge on any atom is -0.378 e. The summed E-state index contributed by atoms with van der Waals surface area (Å²) in [6.45, 7) is 7.98. The van der Waals surface area contributed by atoms with Gasteiger partial charge < -0.3 is 14.2 Å². The second-order valence-corrected chi connectivity index (χ2v) is 11.5. The fraction of sp³-hybridized carbons (Fsp3) is 0.526. The molecule has 1 saturated heterocycles. The summed E-state index contributed by atoms with van der Waals surface area (Å²) in [7, 11) is 1.73. The van der Waals surface area contributed by atoms with E-state index in [4.69, 9.17) is 26.2 Å². The van der Waals surface area contributed by atoms with E-state index in [1.165, 1.54) is 11.0 Å². The molecule has 0 unspecified atom stereocenters. The van der Waals surface area contributed by atoms with Gasteiger partial charge in [0.2, 0.25) is 6.42 Å². The number of hydrogen-bond donors (Lipinski definition) is 0. The highest BCUT2D eigenvalue weighted by Gasteiger charge is 2.47. The molecule has 26 heavy (non-hydrogen) atoms. The molecule has 5 nitrogen and oxygen atoms in total.